The largest absolute Gasteiger partial charge is 0.491 e. The highest BCUT2D eigenvalue weighted by Crippen LogP contribution is 2.18. The second-order valence-electron chi connectivity index (χ2n) is 1.49. The lowest BCUT2D eigenvalue weighted by Crippen LogP contribution is -1.68. The van der Waals surface area contributed by atoms with Crippen LogP contribution < -0.4 is 0 Å². The number of hydrogen-bond acceptors (Lipinski definition) is 3. The molecule has 3 N–H and O–H groups in total. The molecule has 0 aliphatic rings. The van der Waals surface area contributed by atoms with Crippen LogP contribution in [-0.2, 0) is 0 Å². The summed E-state index contributed by atoms with van der Waals surface area (Å²) in [7, 11) is 0. The number of aromatic nitrogens is 2. The highest BCUT2D eigenvalue weighted by Gasteiger charge is 2.00. The lowest BCUT2D eigenvalue weighted by molar-refractivity contribution is 0.386. The molecule has 1 aromatic rings. The Labute approximate surface area is 45.8 Å². The normalized spacial score (nSPS) is 9.62. The van der Waals surface area contributed by atoms with Gasteiger partial charge < -0.3 is 15.2 Å². The number of aryl methyl sites for hydroxylation is 1. The first-order valence-electron chi connectivity index (χ1n) is 2.14. The Balaban J connectivity index is 3.14. The first-order chi connectivity index (χ1) is 3.70. The summed E-state index contributed by atoms with van der Waals surface area (Å²) in [5.41, 5.74) is 0. The van der Waals surface area contributed by atoms with Crippen LogP contribution in [0.3, 0.4) is 0 Å². The van der Waals surface area contributed by atoms with E-state index in [9.17, 15) is 0 Å². The second-order valence-corrected chi connectivity index (χ2v) is 1.49. The Hall–Kier alpha value is -1.19. The number of nitrogens with zero attached hydrogens (tertiary/aromatic N) is 1. The van der Waals surface area contributed by atoms with Crippen LogP contribution in [0.25, 0.3) is 0 Å². The van der Waals surface area contributed by atoms with Crippen molar-refractivity contribution < 1.29 is 10.2 Å². The minimum absolute atomic E-state index is 0.275. The van der Waals surface area contributed by atoms with Gasteiger partial charge in [-0.25, -0.2) is 0 Å². The summed E-state index contributed by atoms with van der Waals surface area (Å²) in [5.74, 6) is -0.120. The van der Waals surface area contributed by atoms with Crippen molar-refractivity contribution in [2.75, 3.05) is 0 Å². The van der Waals surface area contributed by atoms with Gasteiger partial charge in [-0.05, 0) is 6.92 Å². The van der Waals surface area contributed by atoms with Gasteiger partial charge in [-0.3, -0.25) is 0 Å². The third-order valence-corrected chi connectivity index (χ3v) is 0.785. The SMILES string of the molecule is Cc1nc(O)c(O)[nH]1. The summed E-state index contributed by atoms with van der Waals surface area (Å²) in [5, 5.41) is 17.1. The van der Waals surface area contributed by atoms with Crippen molar-refractivity contribution in [2.24, 2.45) is 0 Å². The zero-order valence-electron chi connectivity index (χ0n) is 4.34. The molecule has 8 heavy (non-hydrogen) atoms. The summed E-state index contributed by atoms with van der Waals surface area (Å²) >= 11 is 0. The number of aromatic hydroxyl groups is 2. The average molecular weight is 114 g/mol. The molecule has 0 saturated heterocycles. The van der Waals surface area contributed by atoms with Gasteiger partial charge in [-0.15, -0.1) is 0 Å². The summed E-state index contributed by atoms with van der Waals surface area (Å²) in [4.78, 5) is 5.86. The Morgan fingerprint density at radius 1 is 1.50 bits per heavy atom. The molecule has 0 bridgehead atoms. The molecule has 0 unspecified atom stereocenters. The van der Waals surface area contributed by atoms with E-state index in [1.165, 1.54) is 0 Å². The van der Waals surface area contributed by atoms with Gasteiger partial charge in [0.05, 0.1) is 0 Å². The van der Waals surface area contributed by atoms with Crippen molar-refractivity contribution in [2.45, 2.75) is 6.92 Å². The van der Waals surface area contributed by atoms with E-state index >= 15 is 0 Å². The maximum atomic E-state index is 8.57. The lowest BCUT2D eigenvalue weighted by atomic mass is 10.8. The third kappa shape index (κ3) is 0.598. The van der Waals surface area contributed by atoms with Crippen molar-refractivity contribution in [3.05, 3.63) is 5.82 Å². The monoisotopic (exact) mass is 114 g/mol. The fraction of sp³-hybridized carbons (Fsp3) is 0.250. The summed E-state index contributed by atoms with van der Waals surface area (Å²) in [6, 6.07) is 0. The van der Waals surface area contributed by atoms with Crippen LogP contribution in [0.1, 0.15) is 5.82 Å². The fourth-order valence-corrected chi connectivity index (χ4v) is 0.467. The number of nitrogens with one attached hydrogen (secondary N) is 1. The number of imidazole rings is 1. The minimum Gasteiger partial charge on any atom is -0.491 e. The van der Waals surface area contributed by atoms with Gasteiger partial charge in [0.2, 0.25) is 0 Å². The standard InChI is InChI=1S/C4H6N2O2/c1-2-5-3(7)4(8)6-2/h7-8H,1H3,(H,5,6). The Morgan fingerprint density at radius 3 is 2.25 bits per heavy atom. The van der Waals surface area contributed by atoms with E-state index in [2.05, 4.69) is 9.97 Å². The van der Waals surface area contributed by atoms with Crippen LogP contribution in [0, 0.1) is 6.92 Å². The molecule has 44 valence electrons. The number of H-pyrrole nitrogens is 1. The molecular weight excluding hydrogens is 108 g/mol. The highest BCUT2D eigenvalue weighted by molar-refractivity contribution is 5.23. The van der Waals surface area contributed by atoms with Crippen LogP contribution >= 0.6 is 0 Å². The molecule has 4 heteroatoms. The molecule has 0 amide bonds. The van der Waals surface area contributed by atoms with Gasteiger partial charge in [0.1, 0.15) is 5.82 Å². The molecule has 0 spiro atoms. The zero-order valence-corrected chi connectivity index (χ0v) is 4.34. The van der Waals surface area contributed by atoms with Crippen LogP contribution in [0.15, 0.2) is 0 Å². The molecule has 0 radical (unpaired) electrons. The minimum atomic E-state index is -0.345. The molecule has 0 atom stereocenters. The average Bonchev–Trinajstić information content (AvgIpc) is 1.85. The van der Waals surface area contributed by atoms with Gasteiger partial charge >= 0.3 is 0 Å². The fourth-order valence-electron chi connectivity index (χ4n) is 0.467. The summed E-state index contributed by atoms with van der Waals surface area (Å²) in [6.45, 7) is 1.64. The number of hydrogen-bond donors (Lipinski definition) is 3. The van der Waals surface area contributed by atoms with Crippen molar-refractivity contribution >= 4 is 0 Å². The molecule has 0 aromatic carbocycles. The van der Waals surface area contributed by atoms with E-state index < -0.39 is 0 Å². The summed E-state index contributed by atoms with van der Waals surface area (Å²) < 4.78 is 0. The van der Waals surface area contributed by atoms with Crippen LogP contribution in [-0.4, -0.2) is 20.2 Å². The lowest BCUT2D eigenvalue weighted by Gasteiger charge is -1.77. The smallest absolute Gasteiger partial charge is 0.275 e. The van der Waals surface area contributed by atoms with E-state index in [0.29, 0.717) is 5.82 Å². The van der Waals surface area contributed by atoms with Gasteiger partial charge in [0.25, 0.3) is 11.8 Å². The molecular formula is C4H6N2O2. The molecule has 1 aromatic heterocycles. The van der Waals surface area contributed by atoms with Crippen LogP contribution in [0.5, 0.6) is 11.8 Å². The Bertz CT molecular complexity index is 174. The number of rotatable bonds is 0. The van der Waals surface area contributed by atoms with Crippen LogP contribution in [0.2, 0.25) is 0 Å². The van der Waals surface area contributed by atoms with Gasteiger partial charge in [-0.1, -0.05) is 0 Å². The van der Waals surface area contributed by atoms with Crippen molar-refractivity contribution in [3.8, 4) is 11.8 Å². The highest BCUT2D eigenvalue weighted by atomic mass is 16.3. The van der Waals surface area contributed by atoms with Gasteiger partial charge in [0, 0.05) is 0 Å². The Kier molecular flexibility index (Phi) is 0.865. The third-order valence-electron chi connectivity index (χ3n) is 0.785. The first kappa shape index (κ1) is 4.96. The van der Waals surface area contributed by atoms with Crippen molar-refractivity contribution in [3.63, 3.8) is 0 Å². The predicted octanol–water partition coefficient (Wildman–Crippen LogP) is 0.129. The molecule has 0 aliphatic heterocycles. The maximum absolute atomic E-state index is 8.57. The zero-order chi connectivity index (χ0) is 6.15. The van der Waals surface area contributed by atoms with E-state index in [1.807, 2.05) is 0 Å². The summed E-state index contributed by atoms with van der Waals surface area (Å²) in [6.07, 6.45) is 0. The quantitative estimate of drug-likeness (QED) is 0.449. The Morgan fingerprint density at radius 2 is 2.12 bits per heavy atom. The van der Waals surface area contributed by atoms with E-state index in [0.717, 1.165) is 0 Å². The molecule has 0 saturated carbocycles. The van der Waals surface area contributed by atoms with E-state index in [-0.39, 0.29) is 11.8 Å². The van der Waals surface area contributed by atoms with Crippen molar-refractivity contribution in [1.29, 1.82) is 0 Å². The van der Waals surface area contributed by atoms with Gasteiger partial charge in [0.15, 0.2) is 0 Å². The number of aromatic amines is 1. The molecule has 0 aliphatic carbocycles. The van der Waals surface area contributed by atoms with Crippen molar-refractivity contribution in [1.82, 2.24) is 9.97 Å². The van der Waals surface area contributed by atoms with Gasteiger partial charge in [-0.2, -0.15) is 4.98 Å². The van der Waals surface area contributed by atoms with E-state index in [1.54, 1.807) is 6.92 Å². The first-order valence-corrected chi connectivity index (χ1v) is 2.14. The maximum Gasteiger partial charge on any atom is 0.275 e. The topological polar surface area (TPSA) is 69.1 Å². The molecule has 1 rings (SSSR count). The van der Waals surface area contributed by atoms with E-state index in [4.69, 9.17) is 10.2 Å². The molecule has 0 fully saturated rings. The molecule has 1 heterocycles. The predicted molar refractivity (Wildman–Crippen MR) is 26.7 cm³/mol. The van der Waals surface area contributed by atoms with Crippen LogP contribution in [0.4, 0.5) is 0 Å². The second kappa shape index (κ2) is 1.40. The molecule has 4 nitrogen and oxygen atoms in total.